The van der Waals surface area contributed by atoms with Crippen LogP contribution in [0, 0.1) is 12.7 Å². The molecule has 7 heteroatoms. The summed E-state index contributed by atoms with van der Waals surface area (Å²) in [5, 5.41) is 0.632. The monoisotopic (exact) mass is 420 g/mol. The zero-order chi connectivity index (χ0) is 21.0. The highest BCUT2D eigenvalue weighted by Crippen LogP contribution is 2.40. The van der Waals surface area contributed by atoms with Gasteiger partial charge in [0.25, 0.3) is 5.91 Å². The number of halogens is 2. The van der Waals surface area contributed by atoms with Gasteiger partial charge >= 0.3 is 0 Å². The van der Waals surface area contributed by atoms with Crippen molar-refractivity contribution in [2.75, 3.05) is 4.90 Å². The van der Waals surface area contributed by atoms with Crippen LogP contribution in [0.4, 0.5) is 10.2 Å². The Balaban J connectivity index is 1.84. The van der Waals surface area contributed by atoms with E-state index in [1.54, 1.807) is 43.3 Å². The second-order valence-corrected chi connectivity index (χ2v) is 7.52. The third-order valence-electron chi connectivity index (χ3n) is 5.12. The van der Waals surface area contributed by atoms with Crippen LogP contribution in [0.15, 0.2) is 69.9 Å². The number of hydrogen-bond acceptors (Lipinski definition) is 4. The van der Waals surface area contributed by atoms with E-state index in [-0.39, 0.29) is 27.7 Å². The van der Waals surface area contributed by atoms with Gasteiger partial charge in [0.05, 0.1) is 17.0 Å². The van der Waals surface area contributed by atoms with Gasteiger partial charge in [-0.15, -0.1) is 0 Å². The second-order valence-electron chi connectivity index (χ2n) is 7.08. The molecule has 1 aliphatic rings. The largest absolute Gasteiger partial charge is 0.450 e. The zero-order valence-electron chi connectivity index (χ0n) is 15.7. The lowest BCUT2D eigenvalue weighted by atomic mass is 9.98. The van der Waals surface area contributed by atoms with Gasteiger partial charge in [-0.25, -0.2) is 9.37 Å². The Bertz CT molecular complexity index is 1400. The van der Waals surface area contributed by atoms with Crippen LogP contribution in [-0.2, 0) is 0 Å². The maximum atomic E-state index is 14.1. The van der Waals surface area contributed by atoms with Gasteiger partial charge in [-0.05, 0) is 55.0 Å². The SMILES string of the molecule is Cc1cccc(N2C(=O)c3oc4ccc(Cl)cc4c(=O)c3[C@@H]2c2cccc(F)c2)n1. The number of aromatic nitrogens is 1. The molecule has 2 aromatic carbocycles. The lowest BCUT2D eigenvalue weighted by Gasteiger charge is -2.24. The van der Waals surface area contributed by atoms with Crippen LogP contribution in [0.2, 0.25) is 5.02 Å². The summed E-state index contributed by atoms with van der Waals surface area (Å²) in [5.41, 5.74) is 1.16. The molecule has 0 fully saturated rings. The Morgan fingerprint density at radius 3 is 2.63 bits per heavy atom. The van der Waals surface area contributed by atoms with Crippen molar-refractivity contribution in [2.24, 2.45) is 0 Å². The molecule has 0 N–H and O–H groups in total. The summed E-state index contributed by atoms with van der Waals surface area (Å²) in [6.45, 7) is 1.80. The maximum Gasteiger partial charge on any atom is 0.296 e. The van der Waals surface area contributed by atoms with Crippen molar-refractivity contribution in [3.05, 3.63) is 104 Å². The molecule has 0 saturated heterocycles. The smallest absolute Gasteiger partial charge is 0.296 e. The van der Waals surface area contributed by atoms with E-state index >= 15 is 0 Å². The highest BCUT2D eigenvalue weighted by molar-refractivity contribution is 6.31. The fraction of sp³-hybridized carbons (Fsp3) is 0.0870. The molecule has 30 heavy (non-hydrogen) atoms. The lowest BCUT2D eigenvalue weighted by molar-refractivity contribution is 0.0970. The molecule has 1 amide bonds. The van der Waals surface area contributed by atoms with Crippen LogP contribution in [0.25, 0.3) is 11.0 Å². The molecule has 0 unspecified atom stereocenters. The Labute approximate surface area is 175 Å². The van der Waals surface area contributed by atoms with Crippen molar-refractivity contribution >= 4 is 34.3 Å². The van der Waals surface area contributed by atoms with Gasteiger partial charge in [0.2, 0.25) is 5.76 Å². The molecule has 0 spiro atoms. The first kappa shape index (κ1) is 18.5. The average Bonchev–Trinajstić information content (AvgIpc) is 3.01. The van der Waals surface area contributed by atoms with Crippen LogP contribution in [-0.4, -0.2) is 10.9 Å². The first-order valence-electron chi connectivity index (χ1n) is 9.23. The minimum atomic E-state index is -0.878. The molecule has 1 aliphatic heterocycles. The summed E-state index contributed by atoms with van der Waals surface area (Å²) < 4.78 is 19.9. The number of nitrogens with zero attached hydrogens (tertiary/aromatic N) is 2. The summed E-state index contributed by atoms with van der Waals surface area (Å²) in [6.07, 6.45) is 0. The molecular formula is C23H14ClFN2O3. The van der Waals surface area contributed by atoms with Crippen LogP contribution in [0.1, 0.15) is 33.4 Å². The second kappa shape index (κ2) is 6.78. The lowest BCUT2D eigenvalue weighted by Crippen LogP contribution is -2.30. The molecule has 2 aromatic heterocycles. The normalized spacial score (nSPS) is 15.6. The maximum absolute atomic E-state index is 14.1. The fourth-order valence-electron chi connectivity index (χ4n) is 3.84. The Morgan fingerprint density at radius 1 is 1.07 bits per heavy atom. The van der Waals surface area contributed by atoms with Gasteiger partial charge in [-0.3, -0.25) is 14.5 Å². The van der Waals surface area contributed by atoms with Crippen LogP contribution < -0.4 is 10.3 Å². The molecule has 0 bridgehead atoms. The van der Waals surface area contributed by atoms with E-state index in [4.69, 9.17) is 16.0 Å². The van der Waals surface area contributed by atoms with Crippen LogP contribution in [0.5, 0.6) is 0 Å². The summed E-state index contributed by atoms with van der Waals surface area (Å²) in [4.78, 5) is 32.6. The number of benzene rings is 2. The predicted molar refractivity (Wildman–Crippen MR) is 112 cm³/mol. The first-order valence-corrected chi connectivity index (χ1v) is 9.61. The topological polar surface area (TPSA) is 63.4 Å². The third kappa shape index (κ3) is 2.80. The van der Waals surface area contributed by atoms with Gasteiger partial charge in [-0.1, -0.05) is 29.8 Å². The number of carbonyl (C=O) groups excluding carboxylic acids is 1. The Kier molecular flexibility index (Phi) is 4.18. The van der Waals surface area contributed by atoms with E-state index in [0.29, 0.717) is 22.1 Å². The number of pyridine rings is 1. The van der Waals surface area contributed by atoms with Crippen LogP contribution in [0.3, 0.4) is 0 Å². The van der Waals surface area contributed by atoms with E-state index in [1.165, 1.54) is 29.2 Å². The standard InChI is InChI=1S/C23H14ClFN2O3/c1-12-4-2-7-18(26-12)27-20(13-5-3-6-15(25)10-13)19-21(28)16-11-14(24)8-9-17(16)30-22(19)23(27)29/h2-11,20H,1H3/t20-/m0/s1. The summed E-state index contributed by atoms with van der Waals surface area (Å²) in [5.74, 6) is -0.709. The minimum absolute atomic E-state index is 0.0765. The molecule has 4 aromatic rings. The minimum Gasteiger partial charge on any atom is -0.450 e. The zero-order valence-corrected chi connectivity index (χ0v) is 16.5. The quantitative estimate of drug-likeness (QED) is 0.456. The Hall–Kier alpha value is -3.51. The van der Waals surface area contributed by atoms with E-state index in [2.05, 4.69) is 4.98 Å². The van der Waals surface area contributed by atoms with E-state index in [9.17, 15) is 14.0 Å². The van der Waals surface area contributed by atoms with Crippen molar-refractivity contribution in [2.45, 2.75) is 13.0 Å². The van der Waals surface area contributed by atoms with E-state index < -0.39 is 17.8 Å². The van der Waals surface area contributed by atoms with Crippen molar-refractivity contribution in [1.29, 1.82) is 0 Å². The molecule has 0 aliphatic carbocycles. The average molecular weight is 421 g/mol. The summed E-state index contributed by atoms with van der Waals surface area (Å²) in [6, 6.07) is 14.8. The number of anilines is 1. The molecule has 148 valence electrons. The van der Waals surface area contributed by atoms with Gasteiger partial charge in [0, 0.05) is 10.7 Å². The first-order chi connectivity index (χ1) is 14.4. The third-order valence-corrected chi connectivity index (χ3v) is 5.35. The molecule has 1 atom stereocenters. The molecule has 0 saturated carbocycles. The number of amides is 1. The van der Waals surface area contributed by atoms with Crippen LogP contribution >= 0.6 is 11.6 Å². The van der Waals surface area contributed by atoms with E-state index in [1.807, 2.05) is 0 Å². The summed E-state index contributed by atoms with van der Waals surface area (Å²) in [7, 11) is 0. The highest BCUT2D eigenvalue weighted by atomic mass is 35.5. The number of aryl methyl sites for hydroxylation is 1. The molecular weight excluding hydrogens is 407 g/mol. The van der Waals surface area contributed by atoms with Gasteiger partial charge in [0.15, 0.2) is 5.43 Å². The van der Waals surface area contributed by atoms with Crippen molar-refractivity contribution in [3.8, 4) is 0 Å². The molecule has 0 radical (unpaired) electrons. The number of hydrogen-bond donors (Lipinski definition) is 0. The van der Waals surface area contributed by atoms with Gasteiger partial charge in [0.1, 0.15) is 17.2 Å². The number of carbonyl (C=O) groups is 1. The van der Waals surface area contributed by atoms with E-state index in [0.717, 1.165) is 0 Å². The highest BCUT2D eigenvalue weighted by Gasteiger charge is 2.44. The summed E-state index contributed by atoms with van der Waals surface area (Å²) >= 11 is 6.07. The fourth-order valence-corrected chi connectivity index (χ4v) is 4.01. The number of rotatable bonds is 2. The van der Waals surface area contributed by atoms with Crippen molar-refractivity contribution in [3.63, 3.8) is 0 Å². The molecule has 5 nitrogen and oxygen atoms in total. The van der Waals surface area contributed by atoms with Gasteiger partial charge in [-0.2, -0.15) is 0 Å². The predicted octanol–water partition coefficient (Wildman–Crippen LogP) is 5.04. The Morgan fingerprint density at radius 2 is 1.87 bits per heavy atom. The van der Waals surface area contributed by atoms with Gasteiger partial charge < -0.3 is 4.42 Å². The van der Waals surface area contributed by atoms with Crippen molar-refractivity contribution in [1.82, 2.24) is 4.98 Å². The van der Waals surface area contributed by atoms with Crippen molar-refractivity contribution < 1.29 is 13.6 Å². The number of fused-ring (bicyclic) bond motifs is 2. The molecule has 3 heterocycles. The molecule has 5 rings (SSSR count).